The summed E-state index contributed by atoms with van der Waals surface area (Å²) >= 11 is 5.72. The molecule has 0 heterocycles. The highest BCUT2D eigenvalue weighted by Gasteiger charge is 2.18. The van der Waals surface area contributed by atoms with Crippen LogP contribution in [0.1, 0.15) is 5.56 Å². The highest BCUT2D eigenvalue weighted by molar-refractivity contribution is 7.89. The fourth-order valence-electron chi connectivity index (χ4n) is 1.22. The molecule has 0 spiro atoms. The normalized spacial score (nSPS) is 11.8. The monoisotopic (exact) mass is 280 g/mol. The lowest BCUT2D eigenvalue weighted by molar-refractivity contribution is 0.578. The van der Waals surface area contributed by atoms with Crippen LogP contribution >= 0.6 is 11.6 Å². The van der Waals surface area contributed by atoms with E-state index in [1.807, 2.05) is 0 Å². The molecular formula is C10H14ClFN2O2S. The van der Waals surface area contributed by atoms with Crippen LogP contribution in [0.2, 0.25) is 5.02 Å². The molecule has 2 N–H and O–H groups in total. The third-order valence-electron chi connectivity index (χ3n) is 2.17. The van der Waals surface area contributed by atoms with Crippen molar-refractivity contribution >= 4 is 21.6 Å². The second-order valence-corrected chi connectivity index (χ2v) is 5.68. The second kappa shape index (κ2) is 5.77. The van der Waals surface area contributed by atoms with Crippen LogP contribution in [-0.2, 0) is 10.0 Å². The molecule has 4 nitrogen and oxygen atoms in total. The van der Waals surface area contributed by atoms with Crippen LogP contribution in [0.5, 0.6) is 0 Å². The van der Waals surface area contributed by atoms with Gasteiger partial charge in [0.1, 0.15) is 10.7 Å². The van der Waals surface area contributed by atoms with Crippen molar-refractivity contribution in [3.63, 3.8) is 0 Å². The summed E-state index contributed by atoms with van der Waals surface area (Å²) in [6.45, 7) is 2.22. The summed E-state index contributed by atoms with van der Waals surface area (Å²) in [5.41, 5.74) is 0.239. The number of nitrogens with one attached hydrogen (secondary N) is 2. The third kappa shape index (κ3) is 3.64. The molecule has 0 aliphatic rings. The Morgan fingerprint density at radius 1 is 1.35 bits per heavy atom. The topological polar surface area (TPSA) is 58.2 Å². The summed E-state index contributed by atoms with van der Waals surface area (Å²) in [7, 11) is -1.98. The molecule has 0 unspecified atom stereocenters. The van der Waals surface area contributed by atoms with Gasteiger partial charge in [-0.05, 0) is 31.7 Å². The molecule has 1 aromatic carbocycles. The molecule has 0 saturated carbocycles. The lowest BCUT2D eigenvalue weighted by Gasteiger charge is -2.09. The fraction of sp³-hybridized carbons (Fsp3) is 0.400. The minimum atomic E-state index is -3.69. The van der Waals surface area contributed by atoms with E-state index in [9.17, 15) is 12.8 Å². The molecule has 0 amide bonds. The van der Waals surface area contributed by atoms with E-state index < -0.39 is 15.8 Å². The first kappa shape index (κ1) is 14.4. The Balaban J connectivity index is 3.03. The molecule has 0 saturated heterocycles. The van der Waals surface area contributed by atoms with Gasteiger partial charge in [-0.1, -0.05) is 11.6 Å². The fourth-order valence-corrected chi connectivity index (χ4v) is 2.85. The van der Waals surface area contributed by atoms with Crippen LogP contribution in [-0.4, -0.2) is 28.6 Å². The largest absolute Gasteiger partial charge is 0.318 e. The van der Waals surface area contributed by atoms with Crippen molar-refractivity contribution in [1.82, 2.24) is 10.0 Å². The van der Waals surface area contributed by atoms with Gasteiger partial charge in [-0.25, -0.2) is 17.5 Å². The average Bonchev–Trinajstić information content (AvgIpc) is 2.23. The van der Waals surface area contributed by atoms with Gasteiger partial charge < -0.3 is 5.32 Å². The second-order valence-electron chi connectivity index (χ2n) is 3.53. The van der Waals surface area contributed by atoms with Gasteiger partial charge >= 0.3 is 0 Å². The zero-order chi connectivity index (χ0) is 13.1. The molecule has 1 aromatic rings. The Morgan fingerprint density at radius 3 is 2.59 bits per heavy atom. The Kier molecular flexibility index (Phi) is 4.88. The van der Waals surface area contributed by atoms with Crippen LogP contribution in [0.25, 0.3) is 0 Å². The summed E-state index contributed by atoms with van der Waals surface area (Å²) in [6, 6.07) is 2.23. The van der Waals surface area contributed by atoms with Crippen molar-refractivity contribution in [2.75, 3.05) is 20.1 Å². The lowest BCUT2D eigenvalue weighted by Crippen LogP contribution is -2.30. The molecule has 17 heavy (non-hydrogen) atoms. The average molecular weight is 281 g/mol. The molecule has 96 valence electrons. The number of aryl methyl sites for hydroxylation is 1. The van der Waals surface area contributed by atoms with Crippen molar-refractivity contribution in [2.24, 2.45) is 0 Å². The van der Waals surface area contributed by atoms with Crippen LogP contribution in [0.4, 0.5) is 4.39 Å². The van der Waals surface area contributed by atoms with E-state index in [2.05, 4.69) is 10.0 Å². The molecule has 0 fully saturated rings. The number of benzene rings is 1. The highest BCUT2D eigenvalue weighted by Crippen LogP contribution is 2.24. The van der Waals surface area contributed by atoms with Crippen LogP contribution < -0.4 is 10.0 Å². The minimum absolute atomic E-state index is 0.103. The Labute approximate surface area is 105 Å². The zero-order valence-electron chi connectivity index (χ0n) is 9.55. The highest BCUT2D eigenvalue weighted by atomic mass is 35.5. The van der Waals surface area contributed by atoms with Gasteiger partial charge in [0, 0.05) is 13.1 Å². The third-order valence-corrected chi connectivity index (χ3v) is 4.10. The molecule has 0 bridgehead atoms. The molecule has 1 rings (SSSR count). The maximum atomic E-state index is 13.1. The summed E-state index contributed by atoms with van der Waals surface area (Å²) in [5, 5.41) is 2.69. The van der Waals surface area contributed by atoms with Crippen LogP contribution in [0.15, 0.2) is 17.0 Å². The Morgan fingerprint density at radius 2 is 2.00 bits per heavy atom. The summed E-state index contributed by atoms with van der Waals surface area (Å²) in [5.74, 6) is -0.524. The maximum Gasteiger partial charge on any atom is 0.242 e. The number of hydrogen-bond acceptors (Lipinski definition) is 3. The quantitative estimate of drug-likeness (QED) is 0.799. The molecular weight excluding hydrogens is 267 g/mol. The van der Waals surface area contributed by atoms with E-state index in [4.69, 9.17) is 11.6 Å². The molecule has 0 aromatic heterocycles. The van der Waals surface area contributed by atoms with Crippen LogP contribution in [0.3, 0.4) is 0 Å². The summed E-state index contributed by atoms with van der Waals surface area (Å²) in [4.78, 5) is -0.103. The van der Waals surface area contributed by atoms with E-state index in [0.29, 0.717) is 6.54 Å². The van der Waals surface area contributed by atoms with Gasteiger partial charge in [0.15, 0.2) is 0 Å². The first-order valence-corrected chi connectivity index (χ1v) is 6.84. The van der Waals surface area contributed by atoms with Gasteiger partial charge in [0.25, 0.3) is 0 Å². The molecule has 0 atom stereocenters. The predicted molar refractivity (Wildman–Crippen MR) is 65.3 cm³/mol. The van der Waals surface area contributed by atoms with Gasteiger partial charge in [0.05, 0.1) is 5.02 Å². The van der Waals surface area contributed by atoms with Crippen molar-refractivity contribution < 1.29 is 12.8 Å². The van der Waals surface area contributed by atoms with E-state index >= 15 is 0 Å². The van der Waals surface area contributed by atoms with Crippen molar-refractivity contribution in [1.29, 1.82) is 0 Å². The van der Waals surface area contributed by atoms with E-state index in [1.165, 1.54) is 13.0 Å². The zero-order valence-corrected chi connectivity index (χ0v) is 11.1. The standard InChI is InChI=1S/C10H14ClFN2O2S/c1-7-5-10(8(11)6-9(7)12)17(15,16)14-4-3-13-2/h5-6,13-14H,3-4H2,1-2H3. The number of likely N-dealkylation sites (N-methyl/N-ethyl adjacent to an activating group) is 1. The van der Waals surface area contributed by atoms with Crippen molar-refractivity contribution in [3.05, 3.63) is 28.5 Å². The number of sulfonamides is 1. The molecule has 7 heteroatoms. The van der Waals surface area contributed by atoms with Gasteiger partial charge in [-0.2, -0.15) is 0 Å². The number of rotatable bonds is 5. The van der Waals surface area contributed by atoms with E-state index in [-0.39, 0.29) is 22.0 Å². The molecule has 0 radical (unpaired) electrons. The molecule has 0 aliphatic heterocycles. The maximum absolute atomic E-state index is 13.1. The number of hydrogen-bond donors (Lipinski definition) is 2. The Hall–Kier alpha value is -0.690. The summed E-state index contributed by atoms with van der Waals surface area (Å²) in [6.07, 6.45) is 0. The molecule has 0 aliphatic carbocycles. The van der Waals surface area contributed by atoms with Gasteiger partial charge in [-0.15, -0.1) is 0 Å². The van der Waals surface area contributed by atoms with Gasteiger partial charge in [0.2, 0.25) is 10.0 Å². The Bertz CT molecular complexity index is 505. The van der Waals surface area contributed by atoms with E-state index in [1.54, 1.807) is 7.05 Å². The number of halogens is 2. The van der Waals surface area contributed by atoms with Crippen LogP contribution in [0, 0.1) is 12.7 Å². The predicted octanol–water partition coefficient (Wildman–Crippen LogP) is 1.29. The van der Waals surface area contributed by atoms with Crippen molar-refractivity contribution in [3.8, 4) is 0 Å². The summed E-state index contributed by atoms with van der Waals surface area (Å²) < 4.78 is 39.2. The van der Waals surface area contributed by atoms with Gasteiger partial charge in [-0.3, -0.25) is 0 Å². The first-order chi connectivity index (χ1) is 7.88. The lowest BCUT2D eigenvalue weighted by atomic mass is 10.2. The minimum Gasteiger partial charge on any atom is -0.318 e. The smallest absolute Gasteiger partial charge is 0.242 e. The first-order valence-electron chi connectivity index (χ1n) is 4.98. The van der Waals surface area contributed by atoms with Crippen molar-refractivity contribution in [2.45, 2.75) is 11.8 Å². The SMILES string of the molecule is CNCCNS(=O)(=O)c1cc(C)c(F)cc1Cl. The van der Waals surface area contributed by atoms with E-state index in [0.717, 1.165) is 6.07 Å².